The van der Waals surface area contributed by atoms with Crippen molar-refractivity contribution >= 4 is 28.2 Å². The first kappa shape index (κ1) is 22.9. The van der Waals surface area contributed by atoms with Crippen molar-refractivity contribution in [3.05, 3.63) is 33.7 Å². The number of thiophene rings is 1. The molecule has 0 saturated heterocycles. The molecular formula is C22H28N2O6S. The average Bonchev–Trinajstić information content (AvgIpc) is 3.15. The standard InChI is InChI=1S/C22H28N2O6S/c1-27-10-9-23-21(26)18-14-7-5-6-8-17(14)31-22(18)24-20(25)13-11-15(28-2)19(30-4)16(12-13)29-3/h11-12H,5-10H2,1-4H3,(H,23,26)(H,24,25). The molecule has 1 aromatic carbocycles. The summed E-state index contributed by atoms with van der Waals surface area (Å²) in [6.45, 7) is 0.825. The molecule has 1 aromatic heterocycles. The monoisotopic (exact) mass is 448 g/mol. The Hall–Kier alpha value is -2.78. The lowest BCUT2D eigenvalue weighted by Gasteiger charge is -2.15. The third-order valence-corrected chi connectivity index (χ3v) is 6.35. The van der Waals surface area contributed by atoms with E-state index in [0.717, 1.165) is 36.1 Å². The second-order valence-electron chi connectivity index (χ2n) is 7.03. The molecule has 8 nitrogen and oxygen atoms in total. The van der Waals surface area contributed by atoms with Crippen LogP contribution < -0.4 is 24.8 Å². The molecule has 0 bridgehead atoms. The van der Waals surface area contributed by atoms with Gasteiger partial charge in [-0.3, -0.25) is 9.59 Å². The lowest BCUT2D eigenvalue weighted by molar-refractivity contribution is 0.0937. The molecule has 1 heterocycles. The number of hydrogen-bond acceptors (Lipinski definition) is 7. The first-order valence-corrected chi connectivity index (χ1v) is 10.9. The lowest BCUT2D eigenvalue weighted by Crippen LogP contribution is -2.28. The summed E-state index contributed by atoms with van der Waals surface area (Å²) >= 11 is 1.47. The molecule has 0 aliphatic heterocycles. The highest BCUT2D eigenvalue weighted by molar-refractivity contribution is 7.17. The highest BCUT2D eigenvalue weighted by atomic mass is 32.1. The fraction of sp³-hybridized carbons (Fsp3) is 0.455. The molecule has 0 saturated carbocycles. The Labute approximate surface area is 185 Å². The minimum absolute atomic E-state index is 0.198. The summed E-state index contributed by atoms with van der Waals surface area (Å²) in [6.07, 6.45) is 3.86. The predicted octanol–water partition coefficient (Wildman–Crippen LogP) is 3.28. The number of amides is 2. The van der Waals surface area contributed by atoms with Crippen LogP contribution in [-0.2, 0) is 17.6 Å². The van der Waals surface area contributed by atoms with Crippen molar-refractivity contribution in [1.29, 1.82) is 0 Å². The van der Waals surface area contributed by atoms with E-state index in [4.69, 9.17) is 18.9 Å². The Morgan fingerprint density at radius 3 is 2.26 bits per heavy atom. The van der Waals surface area contributed by atoms with Gasteiger partial charge >= 0.3 is 0 Å². The van der Waals surface area contributed by atoms with Gasteiger partial charge < -0.3 is 29.6 Å². The minimum Gasteiger partial charge on any atom is -0.493 e. The van der Waals surface area contributed by atoms with E-state index in [1.54, 1.807) is 19.2 Å². The van der Waals surface area contributed by atoms with Gasteiger partial charge in [-0.1, -0.05) is 0 Å². The summed E-state index contributed by atoms with van der Waals surface area (Å²) in [7, 11) is 6.08. The van der Waals surface area contributed by atoms with Crippen LogP contribution >= 0.6 is 11.3 Å². The quantitative estimate of drug-likeness (QED) is 0.572. The molecule has 2 N–H and O–H groups in total. The zero-order valence-electron chi connectivity index (χ0n) is 18.3. The Morgan fingerprint density at radius 1 is 0.968 bits per heavy atom. The number of hydrogen-bond donors (Lipinski definition) is 2. The van der Waals surface area contributed by atoms with Crippen molar-refractivity contribution in [3.63, 3.8) is 0 Å². The van der Waals surface area contributed by atoms with E-state index in [9.17, 15) is 9.59 Å². The van der Waals surface area contributed by atoms with Crippen molar-refractivity contribution < 1.29 is 28.5 Å². The molecule has 0 atom stereocenters. The normalized spacial score (nSPS) is 12.6. The number of benzene rings is 1. The summed E-state index contributed by atoms with van der Waals surface area (Å²) in [5.41, 5.74) is 1.93. The van der Waals surface area contributed by atoms with E-state index >= 15 is 0 Å². The Kier molecular flexibility index (Phi) is 7.75. The lowest BCUT2D eigenvalue weighted by atomic mass is 9.95. The number of fused-ring (bicyclic) bond motifs is 1. The van der Waals surface area contributed by atoms with Crippen LogP contribution in [0.15, 0.2) is 12.1 Å². The molecular weight excluding hydrogens is 420 g/mol. The number of nitrogens with one attached hydrogen (secondary N) is 2. The molecule has 2 aromatic rings. The number of methoxy groups -OCH3 is 4. The van der Waals surface area contributed by atoms with Crippen molar-refractivity contribution in [2.24, 2.45) is 0 Å². The molecule has 1 aliphatic rings. The first-order valence-electron chi connectivity index (χ1n) is 10.1. The Morgan fingerprint density at radius 2 is 1.65 bits per heavy atom. The molecule has 9 heteroatoms. The van der Waals surface area contributed by atoms with E-state index in [0.29, 0.717) is 46.5 Å². The van der Waals surface area contributed by atoms with Crippen LogP contribution in [0.5, 0.6) is 17.2 Å². The van der Waals surface area contributed by atoms with E-state index in [-0.39, 0.29) is 11.8 Å². The third-order valence-electron chi connectivity index (χ3n) is 5.14. The fourth-order valence-corrected chi connectivity index (χ4v) is 4.92. The maximum Gasteiger partial charge on any atom is 0.256 e. The van der Waals surface area contributed by atoms with Gasteiger partial charge in [0.15, 0.2) is 11.5 Å². The molecule has 1 aliphatic carbocycles. The van der Waals surface area contributed by atoms with Gasteiger partial charge in [-0.15, -0.1) is 11.3 Å². The SMILES string of the molecule is COCCNC(=O)c1c(NC(=O)c2cc(OC)c(OC)c(OC)c2)sc2c1CCCC2. The summed E-state index contributed by atoms with van der Waals surface area (Å²) in [6, 6.07) is 3.17. The molecule has 0 radical (unpaired) electrons. The molecule has 2 amide bonds. The molecule has 31 heavy (non-hydrogen) atoms. The molecule has 0 spiro atoms. The number of carbonyl (C=O) groups is 2. The van der Waals surface area contributed by atoms with Crippen molar-refractivity contribution in [3.8, 4) is 17.2 Å². The van der Waals surface area contributed by atoms with Crippen LogP contribution in [0.3, 0.4) is 0 Å². The first-order chi connectivity index (χ1) is 15.0. The number of aryl methyl sites for hydroxylation is 1. The van der Waals surface area contributed by atoms with Crippen LogP contribution in [-0.4, -0.2) is 53.4 Å². The van der Waals surface area contributed by atoms with E-state index < -0.39 is 0 Å². The van der Waals surface area contributed by atoms with Crippen molar-refractivity contribution in [2.45, 2.75) is 25.7 Å². The highest BCUT2D eigenvalue weighted by Gasteiger charge is 2.27. The zero-order chi connectivity index (χ0) is 22.4. The minimum atomic E-state index is -0.358. The van der Waals surface area contributed by atoms with Gasteiger partial charge in [0.25, 0.3) is 11.8 Å². The van der Waals surface area contributed by atoms with Crippen LogP contribution in [0.4, 0.5) is 5.00 Å². The molecule has 0 fully saturated rings. The van der Waals surface area contributed by atoms with E-state index in [1.807, 2.05) is 0 Å². The van der Waals surface area contributed by atoms with Gasteiger partial charge in [0, 0.05) is 24.1 Å². The van der Waals surface area contributed by atoms with Crippen LogP contribution in [0.1, 0.15) is 44.0 Å². The second-order valence-corrected chi connectivity index (χ2v) is 8.14. The molecule has 168 valence electrons. The van der Waals surface area contributed by atoms with Crippen LogP contribution in [0.25, 0.3) is 0 Å². The number of carbonyl (C=O) groups excluding carboxylic acids is 2. The van der Waals surface area contributed by atoms with Crippen molar-refractivity contribution in [2.75, 3.05) is 46.9 Å². The maximum atomic E-state index is 13.1. The largest absolute Gasteiger partial charge is 0.493 e. The summed E-state index contributed by atoms with van der Waals surface area (Å²) in [5, 5.41) is 6.36. The third kappa shape index (κ3) is 4.94. The predicted molar refractivity (Wildman–Crippen MR) is 119 cm³/mol. The fourth-order valence-electron chi connectivity index (χ4n) is 3.64. The average molecular weight is 449 g/mol. The van der Waals surface area contributed by atoms with Crippen LogP contribution in [0.2, 0.25) is 0 Å². The summed E-state index contributed by atoms with van der Waals surface area (Å²) in [5.74, 6) is 0.622. The maximum absolute atomic E-state index is 13.1. The number of anilines is 1. The summed E-state index contributed by atoms with van der Waals surface area (Å²) in [4.78, 5) is 27.2. The van der Waals surface area contributed by atoms with Gasteiger partial charge in [0.05, 0.1) is 33.5 Å². The molecule has 0 unspecified atom stereocenters. The number of rotatable bonds is 9. The van der Waals surface area contributed by atoms with Crippen molar-refractivity contribution in [1.82, 2.24) is 5.32 Å². The van der Waals surface area contributed by atoms with Gasteiger partial charge in [0.1, 0.15) is 5.00 Å². The molecule has 3 rings (SSSR count). The zero-order valence-corrected chi connectivity index (χ0v) is 19.1. The van der Waals surface area contributed by atoms with Gasteiger partial charge in [-0.05, 0) is 43.4 Å². The Bertz CT molecular complexity index is 931. The van der Waals surface area contributed by atoms with E-state index in [2.05, 4.69) is 10.6 Å². The Balaban J connectivity index is 1.92. The van der Waals surface area contributed by atoms with Gasteiger partial charge in [-0.2, -0.15) is 0 Å². The number of ether oxygens (including phenoxy) is 4. The summed E-state index contributed by atoms with van der Waals surface area (Å²) < 4.78 is 21.0. The van der Waals surface area contributed by atoms with E-state index in [1.165, 1.54) is 32.7 Å². The van der Waals surface area contributed by atoms with Crippen LogP contribution in [0, 0.1) is 0 Å². The van der Waals surface area contributed by atoms with Gasteiger partial charge in [0.2, 0.25) is 5.75 Å². The topological polar surface area (TPSA) is 95.1 Å². The highest BCUT2D eigenvalue weighted by Crippen LogP contribution is 2.40. The second kappa shape index (κ2) is 10.5. The smallest absolute Gasteiger partial charge is 0.256 e. The van der Waals surface area contributed by atoms with Gasteiger partial charge in [-0.25, -0.2) is 0 Å².